The summed E-state index contributed by atoms with van der Waals surface area (Å²) in [6.45, 7) is 8.22. The number of carbonyl (C=O) groups is 1. The fourth-order valence-corrected chi connectivity index (χ4v) is 3.52. The van der Waals surface area contributed by atoms with Crippen molar-refractivity contribution in [2.75, 3.05) is 19.7 Å². The van der Waals surface area contributed by atoms with E-state index in [-0.39, 0.29) is 12.0 Å². The molecule has 0 aromatic heterocycles. The Morgan fingerprint density at radius 1 is 1.30 bits per heavy atom. The SMILES string of the molecule is CCCC(C(=O)OCC)N(CC)C1CCCCC1CN. The second kappa shape index (κ2) is 9.35. The van der Waals surface area contributed by atoms with Gasteiger partial charge in [-0.1, -0.05) is 33.1 Å². The van der Waals surface area contributed by atoms with Gasteiger partial charge in [-0.2, -0.15) is 0 Å². The number of hydrogen-bond donors (Lipinski definition) is 1. The van der Waals surface area contributed by atoms with Gasteiger partial charge in [-0.05, 0) is 45.2 Å². The summed E-state index contributed by atoms with van der Waals surface area (Å²) >= 11 is 0. The van der Waals surface area contributed by atoms with Gasteiger partial charge >= 0.3 is 5.97 Å². The minimum absolute atomic E-state index is 0.0578. The Bertz CT molecular complexity index is 284. The first-order valence-corrected chi connectivity index (χ1v) is 8.31. The maximum atomic E-state index is 12.3. The molecule has 4 heteroatoms. The molecule has 0 saturated heterocycles. The first-order chi connectivity index (χ1) is 9.69. The van der Waals surface area contributed by atoms with Gasteiger partial charge in [0, 0.05) is 6.04 Å². The summed E-state index contributed by atoms with van der Waals surface area (Å²) in [5.74, 6) is 0.468. The highest BCUT2D eigenvalue weighted by Gasteiger charge is 2.35. The van der Waals surface area contributed by atoms with Gasteiger partial charge in [0.1, 0.15) is 6.04 Å². The van der Waals surface area contributed by atoms with Gasteiger partial charge in [-0.3, -0.25) is 9.69 Å². The van der Waals surface area contributed by atoms with Crippen LogP contribution in [-0.4, -0.2) is 42.6 Å². The zero-order chi connectivity index (χ0) is 15.0. The van der Waals surface area contributed by atoms with E-state index in [4.69, 9.17) is 10.5 Å². The lowest BCUT2D eigenvalue weighted by Gasteiger charge is -2.42. The summed E-state index contributed by atoms with van der Waals surface area (Å²) in [6, 6.07) is 0.349. The number of nitrogens with two attached hydrogens (primary N) is 1. The predicted molar refractivity (Wildman–Crippen MR) is 82.5 cm³/mol. The molecular formula is C16H32N2O2. The van der Waals surface area contributed by atoms with Crippen LogP contribution >= 0.6 is 0 Å². The Morgan fingerprint density at radius 3 is 2.55 bits per heavy atom. The minimum atomic E-state index is -0.0953. The van der Waals surface area contributed by atoms with Crippen LogP contribution in [0, 0.1) is 5.92 Å². The molecule has 0 amide bonds. The standard InChI is InChI=1S/C16H32N2O2/c1-4-9-15(16(19)20-6-3)18(5-2)14-11-8-7-10-13(14)12-17/h13-15H,4-12,17H2,1-3H3. The Hall–Kier alpha value is -0.610. The van der Waals surface area contributed by atoms with Crippen LogP contribution in [0.25, 0.3) is 0 Å². The zero-order valence-electron chi connectivity index (χ0n) is 13.4. The van der Waals surface area contributed by atoms with E-state index in [0.29, 0.717) is 18.6 Å². The third kappa shape index (κ3) is 4.45. The van der Waals surface area contributed by atoms with Gasteiger partial charge in [0.2, 0.25) is 0 Å². The van der Waals surface area contributed by atoms with E-state index in [9.17, 15) is 4.79 Å². The lowest BCUT2D eigenvalue weighted by atomic mass is 9.82. The fraction of sp³-hybridized carbons (Fsp3) is 0.938. The molecule has 1 aliphatic carbocycles. The van der Waals surface area contributed by atoms with Crippen molar-refractivity contribution < 1.29 is 9.53 Å². The van der Waals surface area contributed by atoms with Crippen molar-refractivity contribution in [1.82, 2.24) is 4.90 Å². The van der Waals surface area contributed by atoms with E-state index in [1.54, 1.807) is 0 Å². The number of likely N-dealkylation sites (N-methyl/N-ethyl adjacent to an activating group) is 1. The average molecular weight is 284 g/mol. The molecule has 2 N–H and O–H groups in total. The van der Waals surface area contributed by atoms with E-state index in [0.717, 1.165) is 32.4 Å². The Balaban J connectivity index is 2.84. The molecule has 3 unspecified atom stereocenters. The van der Waals surface area contributed by atoms with E-state index >= 15 is 0 Å². The quantitative estimate of drug-likeness (QED) is 0.696. The Kier molecular flexibility index (Phi) is 8.15. The van der Waals surface area contributed by atoms with Gasteiger partial charge in [0.15, 0.2) is 0 Å². The topological polar surface area (TPSA) is 55.6 Å². The van der Waals surface area contributed by atoms with Crippen molar-refractivity contribution in [3.05, 3.63) is 0 Å². The summed E-state index contributed by atoms with van der Waals surface area (Å²) in [5, 5.41) is 0. The van der Waals surface area contributed by atoms with Gasteiger partial charge in [-0.25, -0.2) is 0 Å². The van der Waals surface area contributed by atoms with E-state index in [2.05, 4.69) is 18.7 Å². The molecule has 1 aliphatic rings. The molecule has 4 nitrogen and oxygen atoms in total. The van der Waals surface area contributed by atoms with Gasteiger partial charge in [0.05, 0.1) is 6.61 Å². The second-order valence-electron chi connectivity index (χ2n) is 5.73. The van der Waals surface area contributed by atoms with Crippen molar-refractivity contribution in [2.45, 2.75) is 71.4 Å². The molecule has 0 heterocycles. The number of hydrogen-bond acceptors (Lipinski definition) is 4. The van der Waals surface area contributed by atoms with Gasteiger partial charge in [0.25, 0.3) is 0 Å². The minimum Gasteiger partial charge on any atom is -0.465 e. The van der Waals surface area contributed by atoms with Crippen LogP contribution < -0.4 is 5.73 Å². The third-order valence-corrected chi connectivity index (χ3v) is 4.48. The van der Waals surface area contributed by atoms with Crippen molar-refractivity contribution in [3.63, 3.8) is 0 Å². The number of rotatable bonds is 8. The summed E-state index contributed by atoms with van der Waals surface area (Å²) in [5.41, 5.74) is 5.95. The maximum absolute atomic E-state index is 12.3. The lowest BCUT2D eigenvalue weighted by molar-refractivity contribution is -0.151. The van der Waals surface area contributed by atoms with Crippen molar-refractivity contribution >= 4 is 5.97 Å². The number of nitrogens with zero attached hydrogens (tertiary/aromatic N) is 1. The Labute approximate surface area is 124 Å². The highest BCUT2D eigenvalue weighted by molar-refractivity contribution is 5.75. The number of ether oxygens (including phenoxy) is 1. The monoisotopic (exact) mass is 284 g/mol. The molecule has 0 bridgehead atoms. The number of carbonyl (C=O) groups excluding carboxylic acids is 1. The highest BCUT2D eigenvalue weighted by Crippen LogP contribution is 2.30. The zero-order valence-corrected chi connectivity index (χ0v) is 13.4. The molecule has 0 aromatic carbocycles. The molecule has 3 atom stereocenters. The first kappa shape index (κ1) is 17.4. The number of esters is 1. The molecule has 1 saturated carbocycles. The van der Waals surface area contributed by atoms with Crippen molar-refractivity contribution in [3.8, 4) is 0 Å². The maximum Gasteiger partial charge on any atom is 0.323 e. The molecule has 0 aliphatic heterocycles. The molecule has 118 valence electrons. The molecule has 20 heavy (non-hydrogen) atoms. The molecule has 1 fully saturated rings. The van der Waals surface area contributed by atoms with E-state index in [1.165, 1.54) is 19.3 Å². The smallest absolute Gasteiger partial charge is 0.323 e. The van der Waals surface area contributed by atoms with Crippen LogP contribution in [0.1, 0.15) is 59.3 Å². The van der Waals surface area contributed by atoms with Crippen LogP contribution in [0.3, 0.4) is 0 Å². The fourth-order valence-electron chi connectivity index (χ4n) is 3.52. The van der Waals surface area contributed by atoms with E-state index in [1.807, 2.05) is 6.92 Å². The second-order valence-corrected chi connectivity index (χ2v) is 5.73. The third-order valence-electron chi connectivity index (χ3n) is 4.48. The summed E-state index contributed by atoms with van der Waals surface area (Å²) in [4.78, 5) is 14.6. The lowest BCUT2D eigenvalue weighted by Crippen LogP contribution is -2.52. The summed E-state index contributed by atoms with van der Waals surface area (Å²) in [7, 11) is 0. The molecule has 0 spiro atoms. The normalized spacial score (nSPS) is 24.6. The average Bonchev–Trinajstić information content (AvgIpc) is 2.47. The van der Waals surface area contributed by atoms with Gasteiger partial charge in [-0.15, -0.1) is 0 Å². The van der Waals surface area contributed by atoms with Crippen molar-refractivity contribution in [2.24, 2.45) is 11.7 Å². The van der Waals surface area contributed by atoms with Gasteiger partial charge < -0.3 is 10.5 Å². The largest absolute Gasteiger partial charge is 0.465 e. The molecular weight excluding hydrogens is 252 g/mol. The summed E-state index contributed by atoms with van der Waals surface area (Å²) in [6.07, 6.45) is 6.75. The molecule has 0 aromatic rings. The molecule has 1 rings (SSSR count). The predicted octanol–water partition coefficient (Wildman–Crippen LogP) is 2.56. The summed E-state index contributed by atoms with van der Waals surface area (Å²) < 4.78 is 5.29. The van der Waals surface area contributed by atoms with Crippen LogP contribution in [0.4, 0.5) is 0 Å². The molecule has 0 radical (unpaired) electrons. The van der Waals surface area contributed by atoms with E-state index < -0.39 is 0 Å². The first-order valence-electron chi connectivity index (χ1n) is 8.31. The van der Waals surface area contributed by atoms with Crippen LogP contribution in [0.5, 0.6) is 0 Å². The van der Waals surface area contributed by atoms with Crippen LogP contribution in [0.15, 0.2) is 0 Å². The Morgan fingerprint density at radius 2 is 2.00 bits per heavy atom. The van der Waals surface area contributed by atoms with Crippen LogP contribution in [-0.2, 0) is 9.53 Å². The van der Waals surface area contributed by atoms with Crippen LogP contribution in [0.2, 0.25) is 0 Å². The van der Waals surface area contributed by atoms with Crippen molar-refractivity contribution in [1.29, 1.82) is 0 Å². The highest BCUT2D eigenvalue weighted by atomic mass is 16.5.